The van der Waals surface area contributed by atoms with Gasteiger partial charge in [0.2, 0.25) is 0 Å². The van der Waals surface area contributed by atoms with Crippen LogP contribution >= 0.6 is 0 Å². The van der Waals surface area contributed by atoms with Crippen molar-refractivity contribution in [3.63, 3.8) is 0 Å². The number of carboxylic acid groups (broad SMARTS) is 2. The molecule has 2 N–H and O–H groups in total. The van der Waals surface area contributed by atoms with Crippen LogP contribution in [0.2, 0.25) is 0 Å². The van der Waals surface area contributed by atoms with E-state index in [1.165, 1.54) is 57.4 Å². The smallest absolute Gasteiger partial charge is 0.336 e. The SMILES string of the molecule is CCCCCCCCCCCCc1ccc(C(=O)O)c(C(=O)O)c1C(C)CC. The van der Waals surface area contributed by atoms with Gasteiger partial charge in [0.15, 0.2) is 0 Å². The second kappa shape index (κ2) is 13.4. The summed E-state index contributed by atoms with van der Waals surface area (Å²) in [6.45, 7) is 6.23. The second-order valence-electron chi connectivity index (χ2n) is 7.91. The lowest BCUT2D eigenvalue weighted by Gasteiger charge is -2.19. The Morgan fingerprint density at radius 2 is 1.36 bits per heavy atom. The zero-order valence-electron chi connectivity index (χ0n) is 17.9. The topological polar surface area (TPSA) is 74.6 Å². The molecule has 4 heteroatoms. The van der Waals surface area contributed by atoms with Gasteiger partial charge in [-0.05, 0) is 42.4 Å². The average molecular weight is 391 g/mol. The van der Waals surface area contributed by atoms with Crippen molar-refractivity contribution in [1.82, 2.24) is 0 Å². The molecule has 0 amide bonds. The van der Waals surface area contributed by atoms with Crippen molar-refractivity contribution < 1.29 is 19.8 Å². The lowest BCUT2D eigenvalue weighted by Crippen LogP contribution is -2.15. The van der Waals surface area contributed by atoms with Crippen molar-refractivity contribution in [3.05, 3.63) is 34.4 Å². The van der Waals surface area contributed by atoms with Crippen LogP contribution < -0.4 is 0 Å². The molecule has 0 spiro atoms. The van der Waals surface area contributed by atoms with Crippen LogP contribution in [0.1, 0.15) is 129 Å². The molecule has 0 aliphatic carbocycles. The molecule has 1 atom stereocenters. The van der Waals surface area contributed by atoms with E-state index in [0.717, 1.165) is 31.2 Å². The predicted molar refractivity (Wildman–Crippen MR) is 115 cm³/mol. The number of hydrogen-bond acceptors (Lipinski definition) is 2. The summed E-state index contributed by atoms with van der Waals surface area (Å²) < 4.78 is 0. The highest BCUT2D eigenvalue weighted by atomic mass is 16.4. The first-order valence-electron chi connectivity index (χ1n) is 11.1. The minimum atomic E-state index is -1.17. The fourth-order valence-corrected chi connectivity index (χ4v) is 3.86. The molecule has 1 rings (SSSR count). The molecule has 0 aromatic heterocycles. The van der Waals surface area contributed by atoms with Gasteiger partial charge in [0, 0.05) is 0 Å². The number of benzene rings is 1. The van der Waals surface area contributed by atoms with Crippen LogP contribution in [-0.4, -0.2) is 22.2 Å². The summed E-state index contributed by atoms with van der Waals surface area (Å²) in [5, 5.41) is 19.0. The van der Waals surface area contributed by atoms with E-state index in [2.05, 4.69) is 6.92 Å². The average Bonchev–Trinajstić information content (AvgIpc) is 2.67. The van der Waals surface area contributed by atoms with E-state index in [1.807, 2.05) is 19.9 Å². The molecule has 0 heterocycles. The highest BCUT2D eigenvalue weighted by Gasteiger charge is 2.25. The molecular weight excluding hydrogens is 352 g/mol. The fraction of sp³-hybridized carbons (Fsp3) is 0.667. The van der Waals surface area contributed by atoms with Crippen molar-refractivity contribution in [2.45, 2.75) is 104 Å². The van der Waals surface area contributed by atoms with Crippen molar-refractivity contribution in [2.75, 3.05) is 0 Å². The molecule has 1 aromatic carbocycles. The first-order chi connectivity index (χ1) is 13.4. The van der Waals surface area contributed by atoms with E-state index in [-0.39, 0.29) is 17.0 Å². The number of aromatic carboxylic acids is 2. The molecule has 0 aliphatic rings. The van der Waals surface area contributed by atoms with E-state index in [9.17, 15) is 19.8 Å². The van der Waals surface area contributed by atoms with Crippen LogP contribution in [-0.2, 0) is 6.42 Å². The van der Waals surface area contributed by atoms with Crippen LogP contribution in [0.5, 0.6) is 0 Å². The maximum Gasteiger partial charge on any atom is 0.336 e. The minimum Gasteiger partial charge on any atom is -0.478 e. The van der Waals surface area contributed by atoms with Gasteiger partial charge in [-0.15, -0.1) is 0 Å². The van der Waals surface area contributed by atoms with Crippen LogP contribution in [0.4, 0.5) is 0 Å². The first-order valence-corrected chi connectivity index (χ1v) is 11.1. The van der Waals surface area contributed by atoms with E-state index in [4.69, 9.17) is 0 Å². The molecule has 0 bridgehead atoms. The maximum absolute atomic E-state index is 11.8. The van der Waals surface area contributed by atoms with Gasteiger partial charge >= 0.3 is 11.9 Å². The van der Waals surface area contributed by atoms with Gasteiger partial charge < -0.3 is 10.2 Å². The molecule has 0 radical (unpaired) electrons. The Morgan fingerprint density at radius 1 is 0.821 bits per heavy atom. The van der Waals surface area contributed by atoms with Gasteiger partial charge in [-0.2, -0.15) is 0 Å². The largest absolute Gasteiger partial charge is 0.478 e. The molecule has 158 valence electrons. The van der Waals surface area contributed by atoms with E-state index >= 15 is 0 Å². The number of carbonyl (C=O) groups is 2. The molecule has 1 unspecified atom stereocenters. The summed E-state index contributed by atoms with van der Waals surface area (Å²) in [5.41, 5.74) is 1.59. The second-order valence-corrected chi connectivity index (χ2v) is 7.91. The zero-order chi connectivity index (χ0) is 20.9. The third-order valence-corrected chi connectivity index (χ3v) is 5.68. The quantitative estimate of drug-likeness (QED) is 0.314. The number of carboxylic acids is 2. The lowest BCUT2D eigenvalue weighted by molar-refractivity contribution is 0.0650. The summed E-state index contributed by atoms with van der Waals surface area (Å²) in [4.78, 5) is 23.3. The normalized spacial score (nSPS) is 12.1. The Kier molecular flexibility index (Phi) is 11.5. The van der Waals surface area contributed by atoms with E-state index in [1.54, 1.807) is 0 Å². The summed E-state index contributed by atoms with van der Waals surface area (Å²) >= 11 is 0. The molecule has 0 aliphatic heterocycles. The first kappa shape index (κ1) is 24.2. The molecule has 0 saturated heterocycles. The summed E-state index contributed by atoms with van der Waals surface area (Å²) in [6, 6.07) is 3.29. The lowest BCUT2D eigenvalue weighted by atomic mass is 9.84. The van der Waals surface area contributed by atoms with E-state index < -0.39 is 11.9 Å². The Morgan fingerprint density at radius 3 is 1.82 bits per heavy atom. The number of unbranched alkanes of at least 4 members (excludes halogenated alkanes) is 9. The third-order valence-electron chi connectivity index (χ3n) is 5.68. The van der Waals surface area contributed by atoms with Crippen molar-refractivity contribution in [2.24, 2.45) is 0 Å². The summed E-state index contributed by atoms with van der Waals surface area (Å²) in [5.74, 6) is -2.28. The fourth-order valence-electron chi connectivity index (χ4n) is 3.86. The van der Waals surface area contributed by atoms with Crippen LogP contribution in [0, 0.1) is 0 Å². The molecule has 0 saturated carbocycles. The summed E-state index contributed by atoms with van der Waals surface area (Å²) in [7, 11) is 0. The monoisotopic (exact) mass is 390 g/mol. The Hall–Kier alpha value is -1.84. The Labute approximate surface area is 170 Å². The van der Waals surface area contributed by atoms with Crippen molar-refractivity contribution in [1.29, 1.82) is 0 Å². The van der Waals surface area contributed by atoms with Gasteiger partial charge in [-0.3, -0.25) is 0 Å². The van der Waals surface area contributed by atoms with Crippen LogP contribution in [0.25, 0.3) is 0 Å². The molecule has 4 nitrogen and oxygen atoms in total. The molecular formula is C24H38O4. The highest BCUT2D eigenvalue weighted by Crippen LogP contribution is 2.31. The Bertz CT molecular complexity index is 621. The Balaban J connectivity index is 2.64. The summed E-state index contributed by atoms with van der Waals surface area (Å²) in [6.07, 6.45) is 14.2. The van der Waals surface area contributed by atoms with Crippen LogP contribution in [0.15, 0.2) is 12.1 Å². The van der Waals surface area contributed by atoms with E-state index in [0.29, 0.717) is 5.56 Å². The highest BCUT2D eigenvalue weighted by molar-refractivity contribution is 6.03. The van der Waals surface area contributed by atoms with Gasteiger partial charge in [0.1, 0.15) is 0 Å². The van der Waals surface area contributed by atoms with Gasteiger partial charge in [0.05, 0.1) is 11.1 Å². The minimum absolute atomic E-state index is 0.0218. The molecule has 1 aromatic rings. The van der Waals surface area contributed by atoms with Crippen molar-refractivity contribution >= 4 is 11.9 Å². The molecule has 0 fully saturated rings. The van der Waals surface area contributed by atoms with Gasteiger partial charge in [0.25, 0.3) is 0 Å². The molecule has 28 heavy (non-hydrogen) atoms. The number of rotatable bonds is 15. The van der Waals surface area contributed by atoms with Gasteiger partial charge in [-0.1, -0.05) is 84.6 Å². The standard InChI is InChI=1S/C24H38O4/c1-4-6-7-8-9-10-11-12-13-14-15-19-16-17-20(23(25)26)22(24(27)28)21(19)18(3)5-2/h16-18H,4-15H2,1-3H3,(H,25,26)(H,27,28). The third kappa shape index (κ3) is 7.65. The van der Waals surface area contributed by atoms with Crippen LogP contribution in [0.3, 0.4) is 0 Å². The van der Waals surface area contributed by atoms with Crippen molar-refractivity contribution in [3.8, 4) is 0 Å². The number of hydrogen-bond donors (Lipinski definition) is 2. The maximum atomic E-state index is 11.8. The number of aryl methyl sites for hydroxylation is 1. The van der Waals surface area contributed by atoms with Gasteiger partial charge in [-0.25, -0.2) is 9.59 Å². The zero-order valence-corrected chi connectivity index (χ0v) is 17.9. The predicted octanol–water partition coefficient (Wildman–Crippen LogP) is 7.06.